The molecule has 1 N–H and O–H groups in total. The number of rotatable bonds is 3. The van der Waals surface area contributed by atoms with E-state index in [0.717, 1.165) is 19.3 Å². The molecule has 6 nitrogen and oxygen atoms in total. The van der Waals surface area contributed by atoms with Gasteiger partial charge in [0, 0.05) is 0 Å². The Hall–Kier alpha value is -3.15. The third-order valence-corrected chi connectivity index (χ3v) is 4.98. The summed E-state index contributed by atoms with van der Waals surface area (Å²) in [4.78, 5) is 38.1. The van der Waals surface area contributed by atoms with Crippen LogP contribution in [0.25, 0.3) is 0 Å². The van der Waals surface area contributed by atoms with Crippen molar-refractivity contribution in [1.82, 2.24) is 0 Å². The molecule has 0 unspecified atom stereocenters. The lowest BCUT2D eigenvalue weighted by Gasteiger charge is -2.28. The number of esters is 1. The lowest BCUT2D eigenvalue weighted by Crippen LogP contribution is -2.44. The molecule has 0 spiro atoms. The zero-order chi connectivity index (χ0) is 18.8. The first-order valence-electron chi connectivity index (χ1n) is 9.10. The van der Waals surface area contributed by atoms with Crippen molar-refractivity contribution in [3.63, 3.8) is 0 Å². The number of aryl methyl sites for hydroxylation is 2. The molecule has 2 amide bonds. The van der Waals surface area contributed by atoms with Gasteiger partial charge in [-0.3, -0.25) is 14.5 Å². The lowest BCUT2D eigenvalue weighted by atomic mass is 9.90. The van der Waals surface area contributed by atoms with Gasteiger partial charge < -0.3 is 10.1 Å². The second-order valence-corrected chi connectivity index (χ2v) is 6.81. The highest BCUT2D eigenvalue weighted by atomic mass is 16.5. The average Bonchev–Trinajstić information content (AvgIpc) is 2.70. The topological polar surface area (TPSA) is 75.7 Å². The number of carbonyl (C=O) groups is 3. The van der Waals surface area contributed by atoms with Gasteiger partial charge in [-0.05, 0) is 61.1 Å². The third-order valence-electron chi connectivity index (χ3n) is 4.98. The van der Waals surface area contributed by atoms with Crippen molar-refractivity contribution in [2.24, 2.45) is 0 Å². The Balaban J connectivity index is 1.44. The normalized spacial score (nSPS) is 15.4. The fraction of sp³-hybridized carbons (Fsp3) is 0.286. The van der Waals surface area contributed by atoms with E-state index in [1.54, 1.807) is 30.3 Å². The first-order valence-corrected chi connectivity index (χ1v) is 9.10. The molecule has 0 aromatic heterocycles. The molecule has 138 valence electrons. The average molecular weight is 364 g/mol. The monoisotopic (exact) mass is 364 g/mol. The first kappa shape index (κ1) is 17.3. The molecule has 4 rings (SSSR count). The van der Waals surface area contributed by atoms with Gasteiger partial charge in [-0.25, -0.2) is 4.79 Å². The number of para-hydroxylation sites is 2. The summed E-state index contributed by atoms with van der Waals surface area (Å²) in [6.07, 6.45) is 4.31. The molecule has 27 heavy (non-hydrogen) atoms. The van der Waals surface area contributed by atoms with Crippen LogP contribution in [0.5, 0.6) is 0 Å². The fourth-order valence-corrected chi connectivity index (χ4v) is 3.60. The van der Waals surface area contributed by atoms with Crippen LogP contribution in [0.1, 0.15) is 34.3 Å². The SMILES string of the molecule is O=C1CN(C(=O)COC(=O)c2ccc3c(c2)CCCC3)c2ccccc2N1. The Labute approximate surface area is 157 Å². The van der Waals surface area contributed by atoms with Crippen molar-refractivity contribution in [3.05, 3.63) is 59.2 Å². The molecule has 0 atom stereocenters. The van der Waals surface area contributed by atoms with Crippen LogP contribution < -0.4 is 10.2 Å². The quantitative estimate of drug-likeness (QED) is 0.850. The minimum Gasteiger partial charge on any atom is -0.452 e. The van der Waals surface area contributed by atoms with Gasteiger partial charge >= 0.3 is 5.97 Å². The number of amides is 2. The molecular formula is C21H20N2O4. The van der Waals surface area contributed by atoms with E-state index < -0.39 is 18.5 Å². The Morgan fingerprint density at radius 2 is 1.81 bits per heavy atom. The van der Waals surface area contributed by atoms with Crippen molar-refractivity contribution in [1.29, 1.82) is 0 Å². The number of fused-ring (bicyclic) bond motifs is 2. The zero-order valence-electron chi connectivity index (χ0n) is 14.9. The highest BCUT2D eigenvalue weighted by molar-refractivity contribution is 6.10. The van der Waals surface area contributed by atoms with E-state index in [2.05, 4.69) is 5.32 Å². The molecule has 2 aromatic carbocycles. The number of benzene rings is 2. The summed E-state index contributed by atoms with van der Waals surface area (Å²) in [7, 11) is 0. The van der Waals surface area contributed by atoms with Crippen molar-refractivity contribution in [3.8, 4) is 0 Å². The summed E-state index contributed by atoms with van der Waals surface area (Å²) in [5.41, 5.74) is 4.10. The van der Waals surface area contributed by atoms with Crippen LogP contribution in [0.4, 0.5) is 11.4 Å². The van der Waals surface area contributed by atoms with Crippen molar-refractivity contribution < 1.29 is 19.1 Å². The van der Waals surface area contributed by atoms with Crippen LogP contribution in [-0.4, -0.2) is 30.9 Å². The van der Waals surface area contributed by atoms with E-state index in [0.29, 0.717) is 16.9 Å². The second-order valence-electron chi connectivity index (χ2n) is 6.81. The van der Waals surface area contributed by atoms with Gasteiger partial charge in [-0.15, -0.1) is 0 Å². The number of anilines is 2. The number of carbonyl (C=O) groups excluding carboxylic acids is 3. The summed E-state index contributed by atoms with van der Waals surface area (Å²) in [5, 5.41) is 2.72. The van der Waals surface area contributed by atoms with Crippen LogP contribution in [-0.2, 0) is 27.2 Å². The second kappa shape index (κ2) is 7.23. The molecular weight excluding hydrogens is 344 g/mol. The van der Waals surface area contributed by atoms with Crippen LogP contribution in [0.2, 0.25) is 0 Å². The van der Waals surface area contributed by atoms with E-state index in [1.807, 2.05) is 12.1 Å². The largest absolute Gasteiger partial charge is 0.452 e. The highest BCUT2D eigenvalue weighted by Gasteiger charge is 2.27. The van der Waals surface area contributed by atoms with Gasteiger partial charge in [0.25, 0.3) is 5.91 Å². The van der Waals surface area contributed by atoms with Crippen LogP contribution in [0.3, 0.4) is 0 Å². The van der Waals surface area contributed by atoms with Crippen molar-refractivity contribution >= 4 is 29.2 Å². The molecule has 0 fully saturated rings. The maximum absolute atomic E-state index is 12.5. The van der Waals surface area contributed by atoms with Gasteiger partial charge in [0.05, 0.1) is 16.9 Å². The Morgan fingerprint density at radius 3 is 2.67 bits per heavy atom. The molecule has 0 saturated carbocycles. The number of nitrogens with one attached hydrogen (secondary N) is 1. The smallest absolute Gasteiger partial charge is 0.338 e. The van der Waals surface area contributed by atoms with Crippen LogP contribution in [0, 0.1) is 0 Å². The number of hydrogen-bond acceptors (Lipinski definition) is 4. The van der Waals surface area contributed by atoms with E-state index in [9.17, 15) is 14.4 Å². The van der Waals surface area contributed by atoms with Gasteiger partial charge in [0.15, 0.2) is 6.61 Å². The predicted molar refractivity (Wildman–Crippen MR) is 101 cm³/mol. The van der Waals surface area contributed by atoms with E-state index >= 15 is 0 Å². The Morgan fingerprint density at radius 1 is 1.04 bits per heavy atom. The van der Waals surface area contributed by atoms with Gasteiger partial charge in [0.2, 0.25) is 5.91 Å². The Bertz CT molecular complexity index is 922. The molecule has 1 heterocycles. The standard InChI is InChI=1S/C21H20N2O4/c24-19-12-23(18-8-4-3-7-17(18)22-19)20(25)13-27-21(26)16-10-9-14-5-1-2-6-15(14)11-16/h3-4,7-11H,1-2,5-6,12-13H2,(H,22,24). The summed E-state index contributed by atoms with van der Waals surface area (Å²) in [6.45, 7) is -0.496. The molecule has 2 aromatic rings. The summed E-state index contributed by atoms with van der Waals surface area (Å²) < 4.78 is 5.22. The van der Waals surface area contributed by atoms with Crippen LogP contribution >= 0.6 is 0 Å². The zero-order valence-corrected chi connectivity index (χ0v) is 14.9. The first-order chi connectivity index (χ1) is 13.1. The predicted octanol–water partition coefficient (Wildman–Crippen LogP) is 2.71. The van der Waals surface area contributed by atoms with Crippen LogP contribution in [0.15, 0.2) is 42.5 Å². The maximum Gasteiger partial charge on any atom is 0.338 e. The van der Waals surface area contributed by atoms with Gasteiger partial charge in [0.1, 0.15) is 6.54 Å². The molecule has 0 saturated heterocycles. The molecule has 0 radical (unpaired) electrons. The third kappa shape index (κ3) is 3.56. The van der Waals surface area contributed by atoms with E-state index in [1.165, 1.54) is 22.4 Å². The number of nitrogens with zero attached hydrogens (tertiary/aromatic N) is 1. The maximum atomic E-state index is 12.5. The summed E-state index contributed by atoms with van der Waals surface area (Å²) in [6, 6.07) is 12.6. The molecule has 1 aliphatic carbocycles. The minimum atomic E-state index is -0.522. The summed E-state index contributed by atoms with van der Waals surface area (Å²) >= 11 is 0. The fourth-order valence-electron chi connectivity index (χ4n) is 3.60. The number of ether oxygens (including phenoxy) is 1. The lowest BCUT2D eigenvalue weighted by molar-refractivity contribution is -0.124. The molecule has 0 bridgehead atoms. The highest BCUT2D eigenvalue weighted by Crippen LogP contribution is 2.29. The molecule has 6 heteroatoms. The van der Waals surface area contributed by atoms with E-state index in [-0.39, 0.29) is 12.5 Å². The van der Waals surface area contributed by atoms with Gasteiger partial charge in [-0.1, -0.05) is 18.2 Å². The Kier molecular flexibility index (Phi) is 4.62. The summed E-state index contributed by atoms with van der Waals surface area (Å²) in [5.74, 6) is -1.22. The van der Waals surface area contributed by atoms with Crippen molar-refractivity contribution in [2.45, 2.75) is 25.7 Å². The van der Waals surface area contributed by atoms with E-state index in [4.69, 9.17) is 4.74 Å². The van der Waals surface area contributed by atoms with Crippen molar-refractivity contribution in [2.75, 3.05) is 23.4 Å². The minimum absolute atomic E-state index is 0.0910. The number of hydrogen-bond donors (Lipinski definition) is 1. The molecule has 2 aliphatic rings. The van der Waals surface area contributed by atoms with Gasteiger partial charge in [-0.2, -0.15) is 0 Å². The molecule has 1 aliphatic heterocycles.